The molecular formula is C27H24FNO4. The third-order valence-corrected chi connectivity index (χ3v) is 5.70. The largest absolute Gasteiger partial charge is 0.481 e. The summed E-state index contributed by atoms with van der Waals surface area (Å²) in [6.07, 6.45) is 2.91. The lowest BCUT2D eigenvalue weighted by atomic mass is 9.98. The second-order valence-corrected chi connectivity index (χ2v) is 7.85. The Bertz CT molecular complexity index is 1160. The van der Waals surface area contributed by atoms with Gasteiger partial charge in [-0.3, -0.25) is 4.79 Å². The van der Waals surface area contributed by atoms with Gasteiger partial charge < -0.3 is 15.2 Å². The number of hydrogen-bond donors (Lipinski definition) is 2. The summed E-state index contributed by atoms with van der Waals surface area (Å²) in [6.45, 7) is 0.478. The zero-order valence-electron chi connectivity index (χ0n) is 18.0. The maximum absolute atomic E-state index is 14.1. The van der Waals surface area contributed by atoms with E-state index in [9.17, 15) is 14.0 Å². The molecule has 2 N–H and O–H groups in total. The van der Waals surface area contributed by atoms with Crippen LogP contribution >= 0.6 is 0 Å². The number of fused-ring (bicyclic) bond motifs is 3. The Morgan fingerprint density at radius 1 is 1.00 bits per heavy atom. The van der Waals surface area contributed by atoms with Crippen LogP contribution in [-0.4, -0.2) is 30.3 Å². The number of halogens is 1. The molecule has 0 unspecified atom stereocenters. The number of aryl methyl sites for hydroxylation is 1. The molecule has 6 heteroatoms. The van der Waals surface area contributed by atoms with E-state index in [0.29, 0.717) is 11.1 Å². The quantitative estimate of drug-likeness (QED) is 0.487. The number of carboxylic acid groups (broad SMARTS) is 1. The number of nitrogens with one attached hydrogen (secondary N) is 1. The summed E-state index contributed by atoms with van der Waals surface area (Å²) in [5.74, 6) is -1.40. The first-order chi connectivity index (χ1) is 16.0. The second-order valence-electron chi connectivity index (χ2n) is 7.85. The minimum Gasteiger partial charge on any atom is -0.481 e. The SMILES string of the molecule is O=C(O)CCc1ccc(C=CCNC(=O)OCC2c3ccccc3-c3ccccc32)cc1F. The molecule has 1 aliphatic carbocycles. The molecule has 0 saturated heterocycles. The van der Waals surface area contributed by atoms with E-state index in [4.69, 9.17) is 9.84 Å². The molecule has 33 heavy (non-hydrogen) atoms. The van der Waals surface area contributed by atoms with Crippen LogP contribution in [0, 0.1) is 5.82 Å². The molecule has 1 amide bonds. The molecule has 0 aromatic heterocycles. The van der Waals surface area contributed by atoms with Gasteiger partial charge in [0.25, 0.3) is 0 Å². The third-order valence-electron chi connectivity index (χ3n) is 5.70. The van der Waals surface area contributed by atoms with E-state index in [-0.39, 0.29) is 31.9 Å². The van der Waals surface area contributed by atoms with Gasteiger partial charge in [-0.15, -0.1) is 0 Å². The molecule has 4 rings (SSSR count). The third kappa shape index (κ3) is 5.29. The molecule has 0 saturated carbocycles. The fourth-order valence-corrected chi connectivity index (χ4v) is 4.10. The van der Waals surface area contributed by atoms with E-state index in [1.165, 1.54) is 17.2 Å². The average Bonchev–Trinajstić information content (AvgIpc) is 3.13. The van der Waals surface area contributed by atoms with Crippen molar-refractivity contribution in [2.45, 2.75) is 18.8 Å². The molecule has 0 fully saturated rings. The van der Waals surface area contributed by atoms with Crippen LogP contribution in [0.25, 0.3) is 17.2 Å². The molecule has 5 nitrogen and oxygen atoms in total. The predicted octanol–water partition coefficient (Wildman–Crippen LogP) is 5.39. The number of carboxylic acids is 1. The lowest BCUT2D eigenvalue weighted by molar-refractivity contribution is -0.136. The Morgan fingerprint density at radius 2 is 1.67 bits per heavy atom. The highest BCUT2D eigenvalue weighted by molar-refractivity contribution is 5.79. The summed E-state index contributed by atoms with van der Waals surface area (Å²) in [6, 6.07) is 20.9. The van der Waals surface area contributed by atoms with Crippen LogP contribution in [0.1, 0.15) is 34.6 Å². The number of ether oxygens (including phenoxy) is 1. The van der Waals surface area contributed by atoms with Gasteiger partial charge in [0.05, 0.1) is 0 Å². The van der Waals surface area contributed by atoms with E-state index in [1.54, 1.807) is 24.3 Å². The number of rotatable bonds is 8. The highest BCUT2D eigenvalue weighted by Crippen LogP contribution is 2.44. The van der Waals surface area contributed by atoms with Crippen molar-refractivity contribution in [2.24, 2.45) is 0 Å². The molecule has 168 valence electrons. The second kappa shape index (κ2) is 10.1. The fourth-order valence-electron chi connectivity index (χ4n) is 4.10. The number of alkyl carbamates (subject to hydrolysis) is 1. The number of carbonyl (C=O) groups excluding carboxylic acids is 1. The van der Waals surface area contributed by atoms with Crippen LogP contribution in [0.5, 0.6) is 0 Å². The molecular weight excluding hydrogens is 421 g/mol. The molecule has 0 aliphatic heterocycles. The van der Waals surface area contributed by atoms with Crippen molar-refractivity contribution in [3.05, 3.63) is 101 Å². The van der Waals surface area contributed by atoms with Crippen molar-refractivity contribution < 1.29 is 23.8 Å². The number of carbonyl (C=O) groups is 2. The van der Waals surface area contributed by atoms with Crippen molar-refractivity contribution in [1.29, 1.82) is 0 Å². The van der Waals surface area contributed by atoms with Crippen LogP contribution in [0.4, 0.5) is 9.18 Å². The summed E-state index contributed by atoms with van der Waals surface area (Å²) in [5, 5.41) is 11.4. The van der Waals surface area contributed by atoms with Crippen molar-refractivity contribution in [3.63, 3.8) is 0 Å². The monoisotopic (exact) mass is 445 g/mol. The molecule has 1 aliphatic rings. The van der Waals surface area contributed by atoms with Crippen LogP contribution in [0.2, 0.25) is 0 Å². The Balaban J connectivity index is 1.28. The van der Waals surface area contributed by atoms with E-state index in [1.807, 2.05) is 24.3 Å². The first-order valence-corrected chi connectivity index (χ1v) is 10.8. The van der Waals surface area contributed by atoms with Crippen molar-refractivity contribution in [3.8, 4) is 11.1 Å². The lowest BCUT2D eigenvalue weighted by Gasteiger charge is -2.14. The van der Waals surface area contributed by atoms with Crippen molar-refractivity contribution in [2.75, 3.05) is 13.2 Å². The van der Waals surface area contributed by atoms with Crippen molar-refractivity contribution >= 4 is 18.1 Å². The molecule has 0 bridgehead atoms. The van der Waals surface area contributed by atoms with E-state index in [0.717, 1.165) is 11.1 Å². The van der Waals surface area contributed by atoms with Crippen LogP contribution in [0.3, 0.4) is 0 Å². The first kappa shape index (κ1) is 22.3. The smallest absolute Gasteiger partial charge is 0.407 e. The van der Waals surface area contributed by atoms with Gasteiger partial charge in [-0.25, -0.2) is 9.18 Å². The number of amides is 1. The van der Waals surface area contributed by atoms with E-state index < -0.39 is 17.9 Å². The zero-order chi connectivity index (χ0) is 23.2. The van der Waals surface area contributed by atoms with Gasteiger partial charge in [0.2, 0.25) is 0 Å². The number of aliphatic carboxylic acids is 1. The maximum atomic E-state index is 14.1. The topological polar surface area (TPSA) is 75.6 Å². The van der Waals surface area contributed by atoms with Crippen LogP contribution < -0.4 is 5.32 Å². The van der Waals surface area contributed by atoms with Gasteiger partial charge >= 0.3 is 12.1 Å². The molecule has 0 heterocycles. The Morgan fingerprint density at radius 3 is 2.30 bits per heavy atom. The number of hydrogen-bond acceptors (Lipinski definition) is 3. The Kier molecular flexibility index (Phi) is 6.83. The molecule has 0 atom stereocenters. The van der Waals surface area contributed by atoms with Gasteiger partial charge in [-0.05, 0) is 45.9 Å². The summed E-state index contributed by atoms with van der Waals surface area (Å²) < 4.78 is 19.6. The van der Waals surface area contributed by atoms with Crippen molar-refractivity contribution in [1.82, 2.24) is 5.32 Å². The maximum Gasteiger partial charge on any atom is 0.407 e. The molecule has 0 radical (unpaired) electrons. The lowest BCUT2D eigenvalue weighted by Crippen LogP contribution is -2.26. The highest BCUT2D eigenvalue weighted by Gasteiger charge is 2.28. The summed E-state index contributed by atoms with van der Waals surface area (Å²) >= 11 is 0. The van der Waals surface area contributed by atoms with Gasteiger partial charge in [0.15, 0.2) is 0 Å². The fraction of sp³-hybridized carbons (Fsp3) is 0.185. The normalized spacial score (nSPS) is 12.4. The van der Waals surface area contributed by atoms with Crippen LogP contribution in [0.15, 0.2) is 72.8 Å². The molecule has 3 aromatic carbocycles. The Labute approximate surface area is 191 Å². The van der Waals surface area contributed by atoms with Gasteiger partial charge in [-0.1, -0.05) is 72.8 Å². The van der Waals surface area contributed by atoms with Gasteiger partial charge in [0.1, 0.15) is 12.4 Å². The standard InChI is InChI=1S/C27H24FNO4/c28-25-16-18(11-12-19(25)13-14-26(30)31)6-5-15-29-27(32)33-17-24-22-9-3-1-7-20(22)21-8-2-4-10-23(21)24/h1-12,16,24H,13-15,17H2,(H,29,32)(H,30,31). The van der Waals surface area contributed by atoms with E-state index >= 15 is 0 Å². The highest BCUT2D eigenvalue weighted by atomic mass is 19.1. The minimum atomic E-state index is -0.960. The summed E-state index contributed by atoms with van der Waals surface area (Å²) in [7, 11) is 0. The number of benzene rings is 3. The molecule has 3 aromatic rings. The van der Waals surface area contributed by atoms with E-state index in [2.05, 4.69) is 29.6 Å². The van der Waals surface area contributed by atoms with Gasteiger partial charge in [0, 0.05) is 18.9 Å². The summed E-state index contributed by atoms with van der Waals surface area (Å²) in [5.41, 5.74) is 5.64. The Hall–Kier alpha value is -3.93. The van der Waals surface area contributed by atoms with Crippen LogP contribution in [-0.2, 0) is 16.0 Å². The zero-order valence-corrected chi connectivity index (χ0v) is 18.0. The molecule has 0 spiro atoms. The first-order valence-electron chi connectivity index (χ1n) is 10.8. The summed E-state index contributed by atoms with van der Waals surface area (Å²) in [4.78, 5) is 22.8. The van der Waals surface area contributed by atoms with Gasteiger partial charge in [-0.2, -0.15) is 0 Å². The minimum absolute atomic E-state index is 0.00121. The average molecular weight is 445 g/mol. The predicted molar refractivity (Wildman–Crippen MR) is 124 cm³/mol.